The van der Waals surface area contributed by atoms with Gasteiger partial charge in [-0.2, -0.15) is 18.3 Å². The lowest BCUT2D eigenvalue weighted by Crippen LogP contribution is -2.37. The lowest BCUT2D eigenvalue weighted by Gasteiger charge is -2.31. The first-order chi connectivity index (χ1) is 14.8. The number of aromatic nitrogens is 3. The molecule has 0 unspecified atom stereocenters. The Balaban J connectivity index is 1.45. The number of benzene rings is 1. The molecule has 1 fully saturated rings. The molecular formula is C20H18ClF3N6O. The molecule has 0 atom stereocenters. The van der Waals surface area contributed by atoms with E-state index in [-0.39, 0.29) is 12.2 Å². The van der Waals surface area contributed by atoms with Gasteiger partial charge in [0, 0.05) is 18.1 Å². The summed E-state index contributed by atoms with van der Waals surface area (Å²) in [7, 11) is 0. The Bertz CT molecular complexity index is 1080. The van der Waals surface area contributed by atoms with Gasteiger partial charge in [0.2, 0.25) is 0 Å². The van der Waals surface area contributed by atoms with E-state index in [0.29, 0.717) is 16.4 Å². The van der Waals surface area contributed by atoms with Crippen LogP contribution in [-0.2, 0) is 12.7 Å². The van der Waals surface area contributed by atoms with Gasteiger partial charge in [0.05, 0.1) is 29.8 Å². The number of nitrogens with zero attached hydrogens (tertiary/aromatic N) is 4. The predicted octanol–water partition coefficient (Wildman–Crippen LogP) is 4.47. The van der Waals surface area contributed by atoms with Crippen molar-refractivity contribution < 1.29 is 18.0 Å². The fourth-order valence-electron chi connectivity index (χ4n) is 3.05. The standard InChI is InChI=1S/C20H18ClF3N6O/c21-13-3-1-4-15(9-13)30-16(10-17(28-30)20(22,23)24)12-26-19(31)27-14-5-6-18(25-11-14)29-7-2-8-29/h1,3-6,9-11H,2,7-8,12H2,(H2,26,27,31). The fourth-order valence-corrected chi connectivity index (χ4v) is 3.24. The second-order valence-corrected chi connectivity index (χ2v) is 7.40. The van der Waals surface area contributed by atoms with Gasteiger partial charge in [-0.3, -0.25) is 0 Å². The molecule has 2 aromatic heterocycles. The fraction of sp³-hybridized carbons (Fsp3) is 0.250. The highest BCUT2D eigenvalue weighted by molar-refractivity contribution is 6.30. The molecule has 1 aromatic carbocycles. The van der Waals surface area contributed by atoms with Crippen LogP contribution in [0.25, 0.3) is 5.69 Å². The van der Waals surface area contributed by atoms with Gasteiger partial charge >= 0.3 is 12.2 Å². The van der Waals surface area contributed by atoms with Gasteiger partial charge in [0.15, 0.2) is 5.69 Å². The highest BCUT2D eigenvalue weighted by Crippen LogP contribution is 2.30. The van der Waals surface area contributed by atoms with E-state index in [2.05, 4.69) is 25.6 Å². The van der Waals surface area contributed by atoms with Gasteiger partial charge in [-0.25, -0.2) is 14.5 Å². The average Bonchev–Trinajstić information content (AvgIpc) is 3.11. The molecular weight excluding hydrogens is 433 g/mol. The number of carbonyl (C=O) groups is 1. The third-order valence-corrected chi connectivity index (χ3v) is 4.98. The molecule has 2 amide bonds. The van der Waals surface area contributed by atoms with Gasteiger partial charge in [-0.05, 0) is 42.8 Å². The van der Waals surface area contributed by atoms with E-state index in [1.54, 1.807) is 30.3 Å². The van der Waals surface area contributed by atoms with Crippen LogP contribution in [0.2, 0.25) is 5.02 Å². The highest BCUT2D eigenvalue weighted by Gasteiger charge is 2.35. The Hall–Kier alpha value is -3.27. The van der Waals surface area contributed by atoms with Crippen molar-refractivity contribution in [3.63, 3.8) is 0 Å². The van der Waals surface area contributed by atoms with E-state index in [1.165, 1.54) is 12.3 Å². The summed E-state index contributed by atoms with van der Waals surface area (Å²) in [4.78, 5) is 18.7. The summed E-state index contributed by atoms with van der Waals surface area (Å²) in [5.41, 5.74) is -0.0847. The SMILES string of the molecule is O=C(NCc1cc(C(F)(F)F)nn1-c1cccc(Cl)c1)Nc1ccc(N2CCC2)nc1. The molecule has 1 aliphatic heterocycles. The molecule has 0 saturated carbocycles. The van der Waals surface area contributed by atoms with E-state index < -0.39 is 17.9 Å². The maximum atomic E-state index is 13.2. The van der Waals surface area contributed by atoms with Crippen molar-refractivity contribution in [1.82, 2.24) is 20.1 Å². The van der Waals surface area contributed by atoms with Crippen LogP contribution >= 0.6 is 11.6 Å². The van der Waals surface area contributed by atoms with Crippen LogP contribution in [0.4, 0.5) is 29.5 Å². The van der Waals surface area contributed by atoms with Crippen LogP contribution in [0.3, 0.4) is 0 Å². The number of pyridine rings is 1. The van der Waals surface area contributed by atoms with Crippen molar-refractivity contribution in [1.29, 1.82) is 0 Å². The molecule has 31 heavy (non-hydrogen) atoms. The van der Waals surface area contributed by atoms with E-state index in [1.807, 2.05) is 0 Å². The van der Waals surface area contributed by atoms with E-state index in [9.17, 15) is 18.0 Å². The molecule has 3 aromatic rings. The number of amides is 2. The minimum absolute atomic E-state index is 0.149. The molecule has 2 N–H and O–H groups in total. The zero-order valence-corrected chi connectivity index (χ0v) is 16.9. The molecule has 162 valence electrons. The highest BCUT2D eigenvalue weighted by atomic mass is 35.5. The lowest BCUT2D eigenvalue weighted by atomic mass is 10.2. The van der Waals surface area contributed by atoms with Gasteiger partial charge < -0.3 is 15.5 Å². The molecule has 0 bridgehead atoms. The van der Waals surface area contributed by atoms with Crippen LogP contribution in [0.5, 0.6) is 0 Å². The Morgan fingerprint density at radius 2 is 1.97 bits per heavy atom. The largest absolute Gasteiger partial charge is 0.435 e. The van der Waals surface area contributed by atoms with Crippen molar-refractivity contribution >= 4 is 29.1 Å². The van der Waals surface area contributed by atoms with Crippen LogP contribution in [0.15, 0.2) is 48.7 Å². The molecule has 0 radical (unpaired) electrons. The number of alkyl halides is 3. The van der Waals surface area contributed by atoms with Crippen LogP contribution in [-0.4, -0.2) is 33.9 Å². The molecule has 0 spiro atoms. The topological polar surface area (TPSA) is 75.1 Å². The van der Waals surface area contributed by atoms with E-state index >= 15 is 0 Å². The Morgan fingerprint density at radius 1 is 1.16 bits per heavy atom. The second-order valence-electron chi connectivity index (χ2n) is 6.96. The third-order valence-electron chi connectivity index (χ3n) is 4.74. The Labute approximate surface area is 180 Å². The lowest BCUT2D eigenvalue weighted by molar-refractivity contribution is -0.141. The molecule has 1 aliphatic rings. The number of rotatable bonds is 5. The molecule has 0 aliphatic carbocycles. The molecule has 11 heteroatoms. The molecule has 3 heterocycles. The summed E-state index contributed by atoms with van der Waals surface area (Å²) < 4.78 is 40.6. The number of halogens is 4. The minimum Gasteiger partial charge on any atom is -0.356 e. The first kappa shape index (κ1) is 21.0. The second kappa shape index (κ2) is 8.46. The maximum absolute atomic E-state index is 13.2. The molecule has 4 rings (SSSR count). The van der Waals surface area contributed by atoms with Crippen LogP contribution in [0, 0.1) is 0 Å². The average molecular weight is 451 g/mol. The number of nitrogens with one attached hydrogen (secondary N) is 2. The van der Waals surface area contributed by atoms with Crippen LogP contribution < -0.4 is 15.5 Å². The minimum atomic E-state index is -4.62. The maximum Gasteiger partial charge on any atom is 0.435 e. The smallest absolute Gasteiger partial charge is 0.356 e. The number of carbonyl (C=O) groups excluding carboxylic acids is 1. The van der Waals surface area contributed by atoms with Crippen molar-refractivity contribution in [2.24, 2.45) is 0 Å². The van der Waals surface area contributed by atoms with Gasteiger partial charge in [-0.1, -0.05) is 17.7 Å². The van der Waals surface area contributed by atoms with E-state index in [0.717, 1.165) is 36.1 Å². The van der Waals surface area contributed by atoms with Crippen LogP contribution in [0.1, 0.15) is 17.8 Å². The Kier molecular flexibility index (Phi) is 5.73. The third kappa shape index (κ3) is 4.91. The van der Waals surface area contributed by atoms with Crippen molar-refractivity contribution in [2.45, 2.75) is 19.1 Å². The summed E-state index contributed by atoms with van der Waals surface area (Å²) in [6.45, 7) is 1.74. The number of anilines is 2. The summed E-state index contributed by atoms with van der Waals surface area (Å²) in [6, 6.07) is 10.1. The number of hydrogen-bond acceptors (Lipinski definition) is 4. The monoisotopic (exact) mass is 450 g/mol. The van der Waals surface area contributed by atoms with Gasteiger partial charge in [-0.15, -0.1) is 0 Å². The van der Waals surface area contributed by atoms with Crippen molar-refractivity contribution in [3.8, 4) is 5.69 Å². The van der Waals surface area contributed by atoms with Gasteiger partial charge in [0.25, 0.3) is 0 Å². The predicted molar refractivity (Wildman–Crippen MR) is 111 cm³/mol. The Morgan fingerprint density at radius 3 is 2.58 bits per heavy atom. The summed E-state index contributed by atoms with van der Waals surface area (Å²) in [6.07, 6.45) is -1.96. The number of urea groups is 1. The first-order valence-corrected chi connectivity index (χ1v) is 9.85. The first-order valence-electron chi connectivity index (χ1n) is 9.47. The van der Waals surface area contributed by atoms with E-state index in [4.69, 9.17) is 11.6 Å². The quantitative estimate of drug-likeness (QED) is 0.601. The summed E-state index contributed by atoms with van der Waals surface area (Å²) in [5, 5.41) is 9.16. The normalized spacial score (nSPS) is 13.6. The summed E-state index contributed by atoms with van der Waals surface area (Å²) in [5.74, 6) is 0.835. The van der Waals surface area contributed by atoms with Gasteiger partial charge in [0.1, 0.15) is 5.82 Å². The number of hydrogen-bond donors (Lipinski definition) is 2. The molecule has 1 saturated heterocycles. The van der Waals surface area contributed by atoms with Crippen molar-refractivity contribution in [2.75, 3.05) is 23.3 Å². The summed E-state index contributed by atoms with van der Waals surface area (Å²) >= 11 is 5.95. The van der Waals surface area contributed by atoms with Crippen molar-refractivity contribution in [3.05, 3.63) is 65.1 Å². The zero-order chi connectivity index (χ0) is 22.0. The zero-order valence-electron chi connectivity index (χ0n) is 16.2. The molecule has 7 nitrogen and oxygen atoms in total.